The van der Waals surface area contributed by atoms with Crippen LogP contribution in [0.1, 0.15) is 56.9 Å². The van der Waals surface area contributed by atoms with Gasteiger partial charge in [0.25, 0.3) is 0 Å². The van der Waals surface area contributed by atoms with Crippen molar-refractivity contribution in [1.82, 2.24) is 9.80 Å². The van der Waals surface area contributed by atoms with E-state index in [4.69, 9.17) is 9.84 Å². The van der Waals surface area contributed by atoms with Crippen molar-refractivity contribution in [3.8, 4) is 0 Å². The van der Waals surface area contributed by atoms with Crippen LogP contribution in [0.4, 0.5) is 4.79 Å². The third kappa shape index (κ3) is 9.15. The van der Waals surface area contributed by atoms with Gasteiger partial charge in [0.15, 0.2) is 0 Å². The van der Waals surface area contributed by atoms with Gasteiger partial charge in [0.2, 0.25) is 0 Å². The zero-order chi connectivity index (χ0) is 20.9. The molecule has 1 aromatic rings. The molecule has 0 saturated heterocycles. The number of hydrogen-bond acceptors (Lipinski definition) is 4. The summed E-state index contributed by atoms with van der Waals surface area (Å²) < 4.78 is 6.05. The third-order valence-corrected chi connectivity index (χ3v) is 5.80. The van der Waals surface area contributed by atoms with Crippen molar-refractivity contribution in [1.29, 1.82) is 0 Å². The van der Waals surface area contributed by atoms with Gasteiger partial charge in [-0.3, -0.25) is 0 Å². The predicted octanol–water partition coefficient (Wildman–Crippen LogP) is 3.98. The van der Waals surface area contributed by atoms with Crippen LogP contribution < -0.4 is 0 Å². The van der Waals surface area contributed by atoms with Gasteiger partial charge in [0.05, 0.1) is 12.7 Å². The summed E-state index contributed by atoms with van der Waals surface area (Å²) >= 11 is 0. The first-order valence-electron chi connectivity index (χ1n) is 11.0. The predicted molar refractivity (Wildman–Crippen MR) is 115 cm³/mol. The molecule has 0 atom stereocenters. The highest BCUT2D eigenvalue weighted by molar-refractivity contribution is 5.65. The van der Waals surface area contributed by atoms with Crippen LogP contribution in [-0.2, 0) is 11.3 Å². The maximum Gasteiger partial charge on any atom is 0.407 e. The summed E-state index contributed by atoms with van der Waals surface area (Å²) in [5.74, 6) is 0. The molecule has 1 aromatic carbocycles. The molecular formula is C23H38N2O4. The van der Waals surface area contributed by atoms with Crippen LogP contribution in [0.5, 0.6) is 0 Å². The number of aliphatic hydroxyl groups is 1. The summed E-state index contributed by atoms with van der Waals surface area (Å²) in [6, 6.07) is 9.90. The quantitative estimate of drug-likeness (QED) is 0.485. The number of amides is 1. The molecule has 6 heteroatoms. The largest absolute Gasteiger partial charge is 0.465 e. The van der Waals surface area contributed by atoms with Crippen LogP contribution in [0.3, 0.4) is 0 Å². The molecular weight excluding hydrogens is 368 g/mol. The number of likely N-dealkylation sites (N-methyl/N-ethyl adjacent to an activating group) is 1. The molecule has 0 spiro atoms. The van der Waals surface area contributed by atoms with Gasteiger partial charge in [-0.2, -0.15) is 0 Å². The lowest BCUT2D eigenvalue weighted by molar-refractivity contribution is 0.00599. The Morgan fingerprint density at radius 3 is 2.38 bits per heavy atom. The maximum atomic E-state index is 11.7. The molecule has 0 aromatic heterocycles. The Morgan fingerprint density at radius 1 is 1.03 bits per heavy atom. The second kappa shape index (κ2) is 13.6. The molecule has 1 aliphatic carbocycles. The first-order chi connectivity index (χ1) is 14.1. The van der Waals surface area contributed by atoms with E-state index in [0.717, 1.165) is 63.8 Å². The minimum atomic E-state index is -0.831. The summed E-state index contributed by atoms with van der Waals surface area (Å²) in [7, 11) is 2.04. The fraction of sp³-hybridized carbons (Fsp3) is 0.696. The van der Waals surface area contributed by atoms with Gasteiger partial charge in [-0.25, -0.2) is 4.79 Å². The Morgan fingerprint density at radius 2 is 1.72 bits per heavy atom. The van der Waals surface area contributed by atoms with E-state index in [2.05, 4.69) is 4.90 Å². The van der Waals surface area contributed by atoms with E-state index in [-0.39, 0.29) is 18.8 Å². The normalized spacial score (nSPS) is 19.4. The standard InChI is InChI=1S/C23H38N2O4/c1-24(16-17-26)15-7-2-3-8-18-29-22-13-11-21(12-14-22)25(23(27)28)19-20-9-5-4-6-10-20/h4-6,9-10,21-22,26H,2-3,7-8,11-19H2,1H3,(H,27,28). The van der Waals surface area contributed by atoms with Crippen molar-refractivity contribution in [3.63, 3.8) is 0 Å². The molecule has 0 heterocycles. The van der Waals surface area contributed by atoms with E-state index in [9.17, 15) is 9.90 Å². The van der Waals surface area contributed by atoms with Crippen LogP contribution in [0.2, 0.25) is 0 Å². The minimum Gasteiger partial charge on any atom is -0.465 e. The van der Waals surface area contributed by atoms with Gasteiger partial charge in [0.1, 0.15) is 0 Å². The Hall–Kier alpha value is -1.63. The van der Waals surface area contributed by atoms with Gasteiger partial charge >= 0.3 is 6.09 Å². The van der Waals surface area contributed by atoms with Crippen LogP contribution in [-0.4, -0.2) is 71.6 Å². The molecule has 164 valence electrons. The summed E-state index contributed by atoms with van der Waals surface area (Å²) in [5.41, 5.74) is 1.04. The zero-order valence-electron chi connectivity index (χ0n) is 17.8. The monoisotopic (exact) mass is 406 g/mol. The fourth-order valence-corrected chi connectivity index (χ4v) is 4.03. The number of aliphatic hydroxyl groups excluding tert-OH is 1. The number of hydrogen-bond donors (Lipinski definition) is 2. The van der Waals surface area contributed by atoms with E-state index < -0.39 is 6.09 Å². The summed E-state index contributed by atoms with van der Waals surface area (Å²) in [6.45, 7) is 3.27. The first kappa shape index (κ1) is 23.6. The van der Waals surface area contributed by atoms with E-state index >= 15 is 0 Å². The Bertz CT molecular complexity index is 561. The fourth-order valence-electron chi connectivity index (χ4n) is 4.03. The molecule has 1 amide bonds. The molecule has 0 bridgehead atoms. The first-order valence-corrected chi connectivity index (χ1v) is 11.0. The second-order valence-electron chi connectivity index (χ2n) is 8.14. The van der Waals surface area contributed by atoms with E-state index in [1.165, 1.54) is 12.8 Å². The van der Waals surface area contributed by atoms with E-state index in [1.54, 1.807) is 4.90 Å². The highest BCUT2D eigenvalue weighted by atomic mass is 16.5. The van der Waals surface area contributed by atoms with Crippen LogP contribution in [0.25, 0.3) is 0 Å². The lowest BCUT2D eigenvalue weighted by atomic mass is 9.91. The molecule has 6 nitrogen and oxygen atoms in total. The Labute approximate surface area is 175 Å². The van der Waals surface area contributed by atoms with Crippen molar-refractivity contribution < 1.29 is 19.7 Å². The highest BCUT2D eigenvalue weighted by Crippen LogP contribution is 2.26. The van der Waals surface area contributed by atoms with Crippen LogP contribution in [0, 0.1) is 0 Å². The van der Waals surface area contributed by atoms with Crippen molar-refractivity contribution in [3.05, 3.63) is 35.9 Å². The number of unbranched alkanes of at least 4 members (excludes halogenated alkanes) is 3. The summed E-state index contributed by atoms with van der Waals surface area (Å²) in [4.78, 5) is 15.5. The number of nitrogens with zero attached hydrogens (tertiary/aromatic N) is 2. The van der Waals surface area contributed by atoms with Crippen molar-refractivity contribution in [2.75, 3.05) is 33.4 Å². The van der Waals surface area contributed by atoms with E-state index in [0.29, 0.717) is 6.54 Å². The van der Waals surface area contributed by atoms with Gasteiger partial charge in [-0.1, -0.05) is 43.2 Å². The lowest BCUT2D eigenvalue weighted by Crippen LogP contribution is -2.42. The molecule has 0 radical (unpaired) electrons. The number of carboxylic acid groups (broad SMARTS) is 1. The van der Waals surface area contributed by atoms with Crippen LogP contribution in [0.15, 0.2) is 30.3 Å². The van der Waals surface area contributed by atoms with Gasteiger partial charge < -0.3 is 24.7 Å². The highest BCUT2D eigenvalue weighted by Gasteiger charge is 2.29. The molecule has 0 aliphatic heterocycles. The lowest BCUT2D eigenvalue weighted by Gasteiger charge is -2.35. The Balaban J connectivity index is 1.59. The topological polar surface area (TPSA) is 73.2 Å². The van der Waals surface area contributed by atoms with Crippen LogP contribution >= 0.6 is 0 Å². The van der Waals surface area contributed by atoms with Crippen molar-refractivity contribution in [2.24, 2.45) is 0 Å². The smallest absolute Gasteiger partial charge is 0.407 e. The van der Waals surface area contributed by atoms with Crippen molar-refractivity contribution >= 4 is 6.09 Å². The SMILES string of the molecule is CN(CCO)CCCCCCOC1CCC(N(Cc2ccccc2)C(=O)O)CC1. The van der Waals surface area contributed by atoms with Gasteiger partial charge in [0, 0.05) is 25.7 Å². The third-order valence-electron chi connectivity index (χ3n) is 5.80. The molecule has 1 saturated carbocycles. The summed E-state index contributed by atoms with van der Waals surface area (Å²) in [6.07, 6.45) is 7.68. The molecule has 1 fully saturated rings. The summed E-state index contributed by atoms with van der Waals surface area (Å²) in [5, 5.41) is 18.5. The second-order valence-corrected chi connectivity index (χ2v) is 8.14. The molecule has 1 aliphatic rings. The number of carbonyl (C=O) groups is 1. The average Bonchev–Trinajstić information content (AvgIpc) is 2.72. The van der Waals surface area contributed by atoms with Gasteiger partial charge in [-0.15, -0.1) is 0 Å². The molecule has 0 unspecified atom stereocenters. The number of ether oxygens (including phenoxy) is 1. The van der Waals surface area contributed by atoms with E-state index in [1.807, 2.05) is 37.4 Å². The van der Waals surface area contributed by atoms with Gasteiger partial charge in [-0.05, 0) is 57.7 Å². The maximum absolute atomic E-state index is 11.7. The number of benzene rings is 1. The molecule has 29 heavy (non-hydrogen) atoms. The Kier molecular flexibility index (Phi) is 11.1. The molecule has 2 N–H and O–H groups in total. The molecule has 2 rings (SSSR count). The average molecular weight is 407 g/mol. The minimum absolute atomic E-state index is 0.0865. The zero-order valence-corrected chi connectivity index (χ0v) is 17.8. The number of rotatable bonds is 13. The van der Waals surface area contributed by atoms with Crippen molar-refractivity contribution in [2.45, 2.75) is 70.1 Å².